The molecule has 0 aromatic carbocycles. The summed E-state index contributed by atoms with van der Waals surface area (Å²) in [6.07, 6.45) is 4.00. The van der Waals surface area contributed by atoms with Crippen molar-refractivity contribution >= 4 is 17.8 Å². The number of likely N-dealkylation sites (tertiary alicyclic amines) is 1. The molecule has 2 aromatic rings. The molecule has 1 saturated carbocycles. The van der Waals surface area contributed by atoms with E-state index in [2.05, 4.69) is 20.5 Å². The largest absolute Gasteiger partial charge is 0.481 e. The molecule has 4 atom stereocenters. The number of pyridine rings is 1. The number of carbonyl (C=O) groups is 2. The van der Waals surface area contributed by atoms with Gasteiger partial charge < -0.3 is 24.8 Å². The third-order valence-electron chi connectivity index (χ3n) is 6.42. The zero-order chi connectivity index (χ0) is 22.7. The Kier molecular flexibility index (Phi) is 6.59. The van der Waals surface area contributed by atoms with E-state index in [1.807, 2.05) is 19.1 Å². The lowest BCUT2D eigenvalue weighted by atomic mass is 10.0. The summed E-state index contributed by atoms with van der Waals surface area (Å²) in [5.41, 5.74) is 1.81. The number of rotatable bonds is 8. The lowest BCUT2D eigenvalue weighted by molar-refractivity contribution is -0.115. The van der Waals surface area contributed by atoms with Crippen LogP contribution in [-0.2, 0) is 16.0 Å². The second-order valence-electron chi connectivity index (χ2n) is 8.57. The van der Waals surface area contributed by atoms with E-state index in [-0.39, 0.29) is 24.5 Å². The Morgan fingerprint density at radius 3 is 2.88 bits per heavy atom. The minimum atomic E-state index is -0.888. The van der Waals surface area contributed by atoms with E-state index in [0.29, 0.717) is 36.7 Å². The number of carbonyl (C=O) groups excluding carboxylic acids is 1. The average molecular weight is 444 g/mol. The highest BCUT2D eigenvalue weighted by Gasteiger charge is 2.40. The monoisotopic (exact) mass is 443 g/mol. The van der Waals surface area contributed by atoms with Crippen LogP contribution in [0, 0.1) is 5.92 Å². The SMILES string of the molecule is COc1ccc(CC(=O)Nc2cc(C3CCC(CO[C@@H]4CN(C(=O)O)[C@H]4C)C3)[nH]n2)cn1. The van der Waals surface area contributed by atoms with Crippen LogP contribution >= 0.6 is 0 Å². The van der Waals surface area contributed by atoms with Crippen LogP contribution in [0.4, 0.5) is 10.6 Å². The number of methoxy groups -OCH3 is 1. The Bertz CT molecular complexity index is 946. The fourth-order valence-corrected chi connectivity index (χ4v) is 4.41. The average Bonchev–Trinajstić information content (AvgIpc) is 3.42. The molecule has 10 nitrogen and oxygen atoms in total. The van der Waals surface area contributed by atoms with E-state index in [9.17, 15) is 9.59 Å². The maximum absolute atomic E-state index is 12.3. The molecule has 2 aromatic heterocycles. The number of aromatic amines is 1. The van der Waals surface area contributed by atoms with Gasteiger partial charge in [-0.2, -0.15) is 5.10 Å². The first-order valence-electron chi connectivity index (χ1n) is 10.9. The molecule has 1 saturated heterocycles. The van der Waals surface area contributed by atoms with E-state index in [1.54, 1.807) is 19.4 Å². The second kappa shape index (κ2) is 9.56. The molecular formula is C22H29N5O5. The fourth-order valence-electron chi connectivity index (χ4n) is 4.41. The van der Waals surface area contributed by atoms with Gasteiger partial charge in [-0.25, -0.2) is 9.78 Å². The number of nitrogens with one attached hydrogen (secondary N) is 2. The first-order chi connectivity index (χ1) is 15.4. The predicted octanol–water partition coefficient (Wildman–Crippen LogP) is 2.65. The van der Waals surface area contributed by atoms with Crippen molar-refractivity contribution in [2.24, 2.45) is 5.92 Å². The maximum Gasteiger partial charge on any atom is 0.407 e. The Hall–Kier alpha value is -3.14. The molecule has 32 heavy (non-hydrogen) atoms. The van der Waals surface area contributed by atoms with Gasteiger partial charge in [0, 0.05) is 36.5 Å². The standard InChI is InChI=1S/C22H29N5O5/c1-13-18(11-27(13)22(29)30)32-12-15-3-5-16(7-15)17-9-19(26-25-17)24-20(28)8-14-4-6-21(31-2)23-10-14/h4,6,9-10,13,15-16,18H,3,5,7-8,11-12H2,1-2H3,(H,29,30)(H2,24,25,26,28)/t13-,15?,16?,18+/m0/s1. The van der Waals surface area contributed by atoms with E-state index in [0.717, 1.165) is 30.5 Å². The number of aromatic nitrogens is 3. The molecule has 3 heterocycles. The molecule has 2 unspecified atom stereocenters. The first-order valence-corrected chi connectivity index (χ1v) is 10.9. The zero-order valence-electron chi connectivity index (χ0n) is 18.3. The molecule has 1 aliphatic carbocycles. The van der Waals surface area contributed by atoms with Gasteiger partial charge in [-0.1, -0.05) is 6.07 Å². The third-order valence-corrected chi connectivity index (χ3v) is 6.42. The Morgan fingerprint density at radius 1 is 1.34 bits per heavy atom. The maximum atomic E-state index is 12.3. The summed E-state index contributed by atoms with van der Waals surface area (Å²) in [6.45, 7) is 2.97. The molecular weight excluding hydrogens is 414 g/mol. The van der Waals surface area contributed by atoms with Gasteiger partial charge in [-0.05, 0) is 37.7 Å². The molecule has 0 bridgehead atoms. The lowest BCUT2D eigenvalue weighted by Gasteiger charge is -2.44. The summed E-state index contributed by atoms with van der Waals surface area (Å²) < 4.78 is 11.0. The van der Waals surface area contributed by atoms with Crippen molar-refractivity contribution in [1.82, 2.24) is 20.1 Å². The van der Waals surface area contributed by atoms with E-state index in [4.69, 9.17) is 14.6 Å². The van der Waals surface area contributed by atoms with Gasteiger partial charge in [0.15, 0.2) is 5.82 Å². The fraction of sp³-hybridized carbons (Fsp3) is 0.545. The van der Waals surface area contributed by atoms with Crippen molar-refractivity contribution in [3.63, 3.8) is 0 Å². The topological polar surface area (TPSA) is 130 Å². The molecule has 172 valence electrons. The first kappa shape index (κ1) is 22.1. The summed E-state index contributed by atoms with van der Waals surface area (Å²) in [7, 11) is 1.55. The van der Waals surface area contributed by atoms with E-state index < -0.39 is 6.09 Å². The van der Waals surface area contributed by atoms with Crippen LogP contribution in [0.15, 0.2) is 24.4 Å². The number of ether oxygens (including phenoxy) is 2. The Labute approximate surface area is 186 Å². The molecule has 0 spiro atoms. The second-order valence-corrected chi connectivity index (χ2v) is 8.57. The summed E-state index contributed by atoms with van der Waals surface area (Å²) in [6, 6.07) is 5.35. The van der Waals surface area contributed by atoms with Gasteiger partial charge in [-0.15, -0.1) is 0 Å². The lowest BCUT2D eigenvalue weighted by Crippen LogP contribution is -2.61. The number of anilines is 1. The van der Waals surface area contributed by atoms with Gasteiger partial charge in [0.1, 0.15) is 0 Å². The van der Waals surface area contributed by atoms with Crippen LogP contribution in [0.5, 0.6) is 5.88 Å². The number of H-pyrrole nitrogens is 1. The van der Waals surface area contributed by atoms with Crippen LogP contribution in [0.3, 0.4) is 0 Å². The van der Waals surface area contributed by atoms with Gasteiger partial charge >= 0.3 is 6.09 Å². The van der Waals surface area contributed by atoms with Gasteiger partial charge in [0.25, 0.3) is 0 Å². The molecule has 2 fully saturated rings. The highest BCUT2D eigenvalue weighted by atomic mass is 16.5. The van der Waals surface area contributed by atoms with Crippen LogP contribution in [0.1, 0.15) is 43.4 Å². The molecule has 2 amide bonds. The van der Waals surface area contributed by atoms with E-state index in [1.165, 1.54) is 4.90 Å². The van der Waals surface area contributed by atoms with Gasteiger partial charge in [0.05, 0.1) is 32.2 Å². The van der Waals surface area contributed by atoms with Crippen molar-refractivity contribution in [3.05, 3.63) is 35.7 Å². The number of hydrogen-bond donors (Lipinski definition) is 3. The van der Waals surface area contributed by atoms with Gasteiger partial charge in [-0.3, -0.25) is 9.89 Å². The highest BCUT2D eigenvalue weighted by molar-refractivity contribution is 5.91. The van der Waals surface area contributed by atoms with Crippen molar-refractivity contribution in [1.29, 1.82) is 0 Å². The Balaban J connectivity index is 1.21. The zero-order valence-corrected chi connectivity index (χ0v) is 18.3. The molecule has 4 rings (SSSR count). The van der Waals surface area contributed by atoms with Crippen molar-refractivity contribution in [2.75, 3.05) is 25.6 Å². The molecule has 3 N–H and O–H groups in total. The predicted molar refractivity (Wildman–Crippen MR) is 116 cm³/mol. The normalized spacial score (nSPS) is 24.8. The van der Waals surface area contributed by atoms with Crippen molar-refractivity contribution in [3.8, 4) is 5.88 Å². The van der Waals surface area contributed by atoms with Crippen LogP contribution < -0.4 is 10.1 Å². The van der Waals surface area contributed by atoms with Crippen molar-refractivity contribution < 1.29 is 24.2 Å². The number of hydrogen-bond acceptors (Lipinski definition) is 6. The minimum absolute atomic E-state index is 0.0139. The summed E-state index contributed by atoms with van der Waals surface area (Å²) in [4.78, 5) is 28.8. The molecule has 1 aliphatic heterocycles. The number of nitrogens with zero attached hydrogens (tertiary/aromatic N) is 3. The minimum Gasteiger partial charge on any atom is -0.481 e. The quantitative estimate of drug-likeness (QED) is 0.572. The molecule has 0 radical (unpaired) electrons. The van der Waals surface area contributed by atoms with E-state index >= 15 is 0 Å². The summed E-state index contributed by atoms with van der Waals surface area (Å²) in [5, 5.41) is 19.2. The van der Waals surface area contributed by atoms with Crippen molar-refractivity contribution in [2.45, 2.75) is 50.7 Å². The van der Waals surface area contributed by atoms with Crippen LogP contribution in [0.25, 0.3) is 0 Å². The number of amides is 2. The molecule has 2 aliphatic rings. The highest BCUT2D eigenvalue weighted by Crippen LogP contribution is 2.38. The summed E-state index contributed by atoms with van der Waals surface area (Å²) >= 11 is 0. The molecule has 10 heteroatoms. The number of carboxylic acid groups (broad SMARTS) is 1. The summed E-state index contributed by atoms with van der Waals surface area (Å²) in [5.74, 6) is 1.66. The van der Waals surface area contributed by atoms with Crippen LogP contribution in [-0.4, -0.2) is 69.6 Å². The third kappa shape index (κ3) is 5.01. The smallest absolute Gasteiger partial charge is 0.407 e. The Morgan fingerprint density at radius 2 is 2.19 bits per heavy atom. The van der Waals surface area contributed by atoms with Crippen LogP contribution in [0.2, 0.25) is 0 Å². The van der Waals surface area contributed by atoms with Gasteiger partial charge in [0.2, 0.25) is 11.8 Å².